The number of pyridine rings is 2. The Morgan fingerprint density at radius 1 is 0.528 bits per heavy atom. The number of ether oxygens (including phenoxy) is 2. The molecule has 2 aromatic heterocycles. The number of hydrogen-bond donors (Lipinski definition) is 0. The zero-order valence-electron chi connectivity index (χ0n) is 20.6. The maximum absolute atomic E-state index is 5.42. The molecule has 4 nitrogen and oxygen atoms in total. The van der Waals surface area contributed by atoms with E-state index >= 15 is 0 Å². The molecule has 36 heavy (non-hydrogen) atoms. The van der Waals surface area contributed by atoms with Crippen LogP contribution in [0.1, 0.15) is 34.1 Å². The molecular formula is C32H30N2O2. The van der Waals surface area contributed by atoms with Crippen molar-refractivity contribution in [2.45, 2.75) is 11.8 Å². The zero-order chi connectivity index (χ0) is 24.7. The molecule has 4 aromatic rings. The Hall–Kier alpha value is -4.18. The first kappa shape index (κ1) is 23.6. The monoisotopic (exact) mass is 474 g/mol. The first-order valence-corrected chi connectivity index (χ1v) is 12.2. The van der Waals surface area contributed by atoms with Gasteiger partial charge in [0, 0.05) is 24.8 Å². The summed E-state index contributed by atoms with van der Waals surface area (Å²) < 4.78 is 10.7. The van der Waals surface area contributed by atoms with E-state index in [-0.39, 0.29) is 0 Å². The fraction of sp³-hybridized carbons (Fsp3) is 0.188. The molecule has 1 fully saturated rings. The maximum Gasteiger partial charge on any atom is 0.118 e. The smallest absolute Gasteiger partial charge is 0.118 e. The minimum atomic E-state index is 0.333. The largest absolute Gasteiger partial charge is 0.497 e. The summed E-state index contributed by atoms with van der Waals surface area (Å²) in [7, 11) is 3.40. The number of rotatable bonds is 8. The Balaban J connectivity index is 1.53. The summed E-state index contributed by atoms with van der Waals surface area (Å²) in [6, 6.07) is 25.1. The minimum absolute atomic E-state index is 0.333. The third-order valence-corrected chi connectivity index (χ3v) is 7.10. The number of methoxy groups -OCH3 is 2. The van der Waals surface area contributed by atoms with E-state index in [9.17, 15) is 0 Å². The van der Waals surface area contributed by atoms with E-state index in [4.69, 9.17) is 9.47 Å². The van der Waals surface area contributed by atoms with E-state index in [1.54, 1.807) is 14.2 Å². The van der Waals surface area contributed by atoms with Gasteiger partial charge in [0.2, 0.25) is 0 Å². The number of allylic oxidation sites excluding steroid dienone is 2. The van der Waals surface area contributed by atoms with Gasteiger partial charge in [-0.25, -0.2) is 0 Å². The number of aromatic nitrogens is 2. The molecule has 4 heteroatoms. The van der Waals surface area contributed by atoms with Gasteiger partial charge in [0.25, 0.3) is 0 Å². The highest BCUT2D eigenvalue weighted by atomic mass is 16.5. The minimum Gasteiger partial charge on any atom is -0.497 e. The molecule has 0 aliphatic heterocycles. The topological polar surface area (TPSA) is 44.2 Å². The second kappa shape index (κ2) is 11.0. The van der Waals surface area contributed by atoms with Gasteiger partial charge in [-0.3, -0.25) is 9.97 Å². The molecule has 0 N–H and O–H groups in total. The average molecular weight is 475 g/mol. The molecule has 0 spiro atoms. The van der Waals surface area contributed by atoms with Crippen LogP contribution in [0.25, 0.3) is 12.2 Å². The van der Waals surface area contributed by atoms with Gasteiger partial charge in [0.05, 0.1) is 14.2 Å². The van der Waals surface area contributed by atoms with Gasteiger partial charge in [-0.15, -0.1) is 0 Å². The molecule has 0 unspecified atom stereocenters. The second-order valence-electron chi connectivity index (χ2n) is 9.03. The molecule has 1 saturated carbocycles. The van der Waals surface area contributed by atoms with Gasteiger partial charge in [-0.05, 0) is 94.5 Å². The fourth-order valence-corrected chi connectivity index (χ4v) is 5.21. The molecule has 5 rings (SSSR count). The normalized spacial score (nSPS) is 21.4. The van der Waals surface area contributed by atoms with Crippen molar-refractivity contribution in [3.8, 4) is 11.5 Å². The van der Waals surface area contributed by atoms with Crippen LogP contribution in [0.4, 0.5) is 0 Å². The fourth-order valence-electron chi connectivity index (χ4n) is 5.21. The van der Waals surface area contributed by atoms with Gasteiger partial charge in [-0.1, -0.05) is 48.6 Å². The predicted molar refractivity (Wildman–Crippen MR) is 145 cm³/mol. The molecular weight excluding hydrogens is 444 g/mol. The molecule has 0 amide bonds. The molecule has 0 saturated heterocycles. The standard InChI is InChI=1S/C32H30N2O2/c1-35-27-9-3-23(4-10-27)5-13-30-29(14-6-24-15-19-33-20-16-24)31(25-7-11-28(36-2)12-8-25)32(30)26-17-21-34-22-18-26/h3-22,29-32H,1-2H3/b13-5+,14-6+/t29-,30-,31+,32+/m0/s1. The molecule has 2 aromatic carbocycles. The number of nitrogens with zero attached hydrogens (tertiary/aromatic N) is 2. The summed E-state index contributed by atoms with van der Waals surface area (Å²) >= 11 is 0. The highest BCUT2D eigenvalue weighted by Crippen LogP contribution is 2.59. The van der Waals surface area contributed by atoms with Crippen molar-refractivity contribution in [1.82, 2.24) is 9.97 Å². The van der Waals surface area contributed by atoms with Crippen LogP contribution in [0.15, 0.2) is 110 Å². The second-order valence-corrected chi connectivity index (χ2v) is 9.03. The van der Waals surface area contributed by atoms with Gasteiger partial charge >= 0.3 is 0 Å². The molecule has 180 valence electrons. The van der Waals surface area contributed by atoms with E-state index in [0.717, 1.165) is 22.6 Å². The lowest BCUT2D eigenvalue weighted by atomic mass is 9.52. The van der Waals surface area contributed by atoms with Crippen molar-refractivity contribution in [3.63, 3.8) is 0 Å². The average Bonchev–Trinajstić information content (AvgIpc) is 2.94. The first-order valence-electron chi connectivity index (χ1n) is 12.2. The summed E-state index contributed by atoms with van der Waals surface area (Å²) in [6.07, 6.45) is 16.6. The van der Waals surface area contributed by atoms with E-state index in [2.05, 4.69) is 82.8 Å². The first-order chi connectivity index (χ1) is 17.8. The van der Waals surface area contributed by atoms with E-state index in [0.29, 0.717) is 23.7 Å². The van der Waals surface area contributed by atoms with E-state index < -0.39 is 0 Å². The summed E-state index contributed by atoms with van der Waals surface area (Å²) in [6.45, 7) is 0. The number of hydrogen-bond acceptors (Lipinski definition) is 4. The van der Waals surface area contributed by atoms with Crippen molar-refractivity contribution >= 4 is 12.2 Å². The summed E-state index contributed by atoms with van der Waals surface area (Å²) in [5.74, 6) is 3.07. The maximum atomic E-state index is 5.42. The Bertz CT molecular complexity index is 1300. The number of benzene rings is 2. The highest BCUT2D eigenvalue weighted by molar-refractivity contribution is 5.55. The molecule has 2 heterocycles. The van der Waals surface area contributed by atoms with Crippen LogP contribution in [0.5, 0.6) is 11.5 Å². The van der Waals surface area contributed by atoms with Crippen LogP contribution in [0, 0.1) is 11.8 Å². The Kier molecular flexibility index (Phi) is 7.23. The summed E-state index contributed by atoms with van der Waals surface area (Å²) in [5.41, 5.74) is 4.94. The SMILES string of the molecule is COc1ccc(/C=C/[C@H]2[C@H](/C=C/c3ccncc3)[C@@H](c3ccc(OC)cc3)[C@@H]2c2ccncc2)cc1. The molecule has 0 radical (unpaired) electrons. The van der Waals surface area contributed by atoms with Crippen LogP contribution in [0.2, 0.25) is 0 Å². The Labute approximate surface area is 213 Å². The van der Waals surface area contributed by atoms with Crippen LogP contribution >= 0.6 is 0 Å². The third-order valence-electron chi connectivity index (χ3n) is 7.10. The van der Waals surface area contributed by atoms with Crippen molar-refractivity contribution < 1.29 is 9.47 Å². The lowest BCUT2D eigenvalue weighted by Crippen LogP contribution is -2.41. The summed E-state index contributed by atoms with van der Waals surface area (Å²) in [4.78, 5) is 8.43. The zero-order valence-corrected chi connectivity index (χ0v) is 20.6. The van der Waals surface area contributed by atoms with Crippen LogP contribution < -0.4 is 9.47 Å². The third kappa shape index (κ3) is 5.08. The van der Waals surface area contributed by atoms with Crippen LogP contribution in [-0.4, -0.2) is 24.2 Å². The van der Waals surface area contributed by atoms with Crippen molar-refractivity contribution in [3.05, 3.63) is 132 Å². The summed E-state index contributed by atoms with van der Waals surface area (Å²) in [5, 5.41) is 0. The van der Waals surface area contributed by atoms with Gasteiger partial charge in [0.15, 0.2) is 0 Å². The molecule has 4 atom stereocenters. The van der Waals surface area contributed by atoms with Crippen molar-refractivity contribution in [2.24, 2.45) is 11.8 Å². The quantitative estimate of drug-likeness (QED) is 0.275. The van der Waals surface area contributed by atoms with Crippen molar-refractivity contribution in [2.75, 3.05) is 14.2 Å². The van der Waals surface area contributed by atoms with Gasteiger partial charge in [0.1, 0.15) is 11.5 Å². The van der Waals surface area contributed by atoms with E-state index in [1.807, 2.05) is 49.1 Å². The lowest BCUT2D eigenvalue weighted by Gasteiger charge is -2.51. The Morgan fingerprint density at radius 3 is 1.44 bits per heavy atom. The van der Waals surface area contributed by atoms with E-state index in [1.165, 1.54) is 11.1 Å². The van der Waals surface area contributed by atoms with Crippen LogP contribution in [-0.2, 0) is 0 Å². The van der Waals surface area contributed by atoms with Crippen molar-refractivity contribution in [1.29, 1.82) is 0 Å². The lowest BCUT2D eigenvalue weighted by molar-refractivity contribution is 0.177. The molecule has 1 aliphatic carbocycles. The van der Waals surface area contributed by atoms with Gasteiger partial charge < -0.3 is 9.47 Å². The molecule has 0 bridgehead atoms. The highest BCUT2D eigenvalue weighted by Gasteiger charge is 2.48. The van der Waals surface area contributed by atoms with Gasteiger partial charge in [-0.2, -0.15) is 0 Å². The van der Waals surface area contributed by atoms with Crippen LogP contribution in [0.3, 0.4) is 0 Å². The predicted octanol–water partition coefficient (Wildman–Crippen LogP) is 7.03. The Morgan fingerprint density at radius 2 is 0.944 bits per heavy atom. The molecule has 1 aliphatic rings.